The Labute approximate surface area is 291 Å². The van der Waals surface area contributed by atoms with Crippen molar-refractivity contribution in [2.45, 2.75) is 71.5 Å². The van der Waals surface area contributed by atoms with E-state index in [4.69, 9.17) is 26.1 Å². The van der Waals surface area contributed by atoms with E-state index in [1.54, 1.807) is 56.0 Å². The fourth-order valence-electron chi connectivity index (χ4n) is 5.74. The second-order valence-electron chi connectivity index (χ2n) is 12.3. The van der Waals surface area contributed by atoms with Crippen molar-refractivity contribution in [3.63, 3.8) is 0 Å². The molecule has 3 aromatic rings. The Morgan fingerprint density at radius 1 is 1.06 bits per heavy atom. The molecule has 0 bridgehead atoms. The van der Waals surface area contributed by atoms with Crippen LogP contribution in [0.3, 0.4) is 0 Å². The number of ether oxygens (including phenoxy) is 2. The molecule has 266 valence electrons. The van der Waals surface area contributed by atoms with Gasteiger partial charge in [0.1, 0.15) is 24.1 Å². The van der Waals surface area contributed by atoms with Crippen molar-refractivity contribution < 1.29 is 28.7 Å². The molecule has 49 heavy (non-hydrogen) atoms. The van der Waals surface area contributed by atoms with Crippen LogP contribution in [0.4, 0.5) is 0 Å². The molecule has 0 spiro atoms. The van der Waals surface area contributed by atoms with E-state index in [0.717, 1.165) is 5.56 Å². The summed E-state index contributed by atoms with van der Waals surface area (Å²) < 4.78 is 13.9. The Bertz CT molecular complexity index is 1640. The Morgan fingerprint density at radius 2 is 1.80 bits per heavy atom. The number of rotatable bonds is 7. The largest absolute Gasteiger partial charge is 0.493 e. The molecule has 0 aliphatic carbocycles. The molecule has 2 aromatic heterocycles. The zero-order valence-electron chi connectivity index (χ0n) is 29.0. The molecule has 3 N–H and O–H groups in total. The van der Waals surface area contributed by atoms with Crippen LogP contribution in [0.1, 0.15) is 80.2 Å². The number of hydrogen-bond donors (Lipinski definition) is 3. The Balaban J connectivity index is 1.60. The number of carbonyl (C=O) groups is 4. The first-order chi connectivity index (χ1) is 23.4. The highest BCUT2D eigenvalue weighted by molar-refractivity contribution is 6.31. The fraction of sp³-hybridized carbons (Fsp3) is 0.529. The first-order valence-electron chi connectivity index (χ1n) is 16.6. The molecule has 1 aromatic carbocycles. The molecular weight excluding hydrogens is 652 g/mol. The summed E-state index contributed by atoms with van der Waals surface area (Å²) in [5.74, 6) is 0.673. The molecule has 0 unspecified atom stereocenters. The maximum Gasteiger partial charge on any atom is 0.270 e. The lowest BCUT2D eigenvalue weighted by Crippen LogP contribution is -2.51. The van der Waals surface area contributed by atoms with Gasteiger partial charge in [0.25, 0.3) is 5.91 Å². The lowest BCUT2D eigenvalue weighted by molar-refractivity contribution is -0.130. The predicted octanol–water partition coefficient (Wildman–Crippen LogP) is 3.03. The van der Waals surface area contributed by atoms with Gasteiger partial charge in [0.2, 0.25) is 17.7 Å². The van der Waals surface area contributed by atoms with Crippen LogP contribution in [0, 0.1) is 5.92 Å². The number of carbonyl (C=O) groups excluding carboxylic acids is 4. The average Bonchev–Trinajstić information content (AvgIpc) is 3.63. The number of aryl methyl sites for hydroxylation is 1. The molecular formula is C34H47ClN8O6. The highest BCUT2D eigenvalue weighted by Gasteiger charge is 2.29. The summed E-state index contributed by atoms with van der Waals surface area (Å²) in [4.78, 5) is 59.8. The van der Waals surface area contributed by atoms with Gasteiger partial charge in [-0.3, -0.25) is 19.2 Å². The highest BCUT2D eigenvalue weighted by Crippen LogP contribution is 2.28. The van der Waals surface area contributed by atoms with Crippen LogP contribution >= 0.6 is 11.6 Å². The lowest BCUT2D eigenvalue weighted by atomic mass is 9.97. The number of benzene rings is 1. The Hall–Kier alpha value is -4.59. The summed E-state index contributed by atoms with van der Waals surface area (Å²) in [5, 5.41) is 13.9. The van der Waals surface area contributed by atoms with Crippen molar-refractivity contribution in [1.82, 2.24) is 40.2 Å². The minimum absolute atomic E-state index is 0.123. The maximum atomic E-state index is 13.6. The van der Waals surface area contributed by atoms with E-state index in [1.165, 1.54) is 4.68 Å². The van der Waals surface area contributed by atoms with Crippen molar-refractivity contribution in [3.8, 4) is 11.5 Å². The molecule has 1 aliphatic rings. The zero-order valence-corrected chi connectivity index (χ0v) is 29.8. The van der Waals surface area contributed by atoms with E-state index in [0.29, 0.717) is 79.2 Å². The average molecular weight is 699 g/mol. The number of halogens is 1. The van der Waals surface area contributed by atoms with Crippen molar-refractivity contribution in [3.05, 3.63) is 58.4 Å². The molecule has 0 saturated carbocycles. The summed E-state index contributed by atoms with van der Waals surface area (Å²) in [6.07, 6.45) is 3.64. The van der Waals surface area contributed by atoms with Gasteiger partial charge in [-0.05, 0) is 49.4 Å². The number of aromatic nitrogens is 4. The fourth-order valence-corrected chi connectivity index (χ4v) is 5.99. The molecule has 0 fully saturated rings. The second kappa shape index (κ2) is 17.2. The summed E-state index contributed by atoms with van der Waals surface area (Å²) >= 11 is 6.14. The molecule has 15 heteroatoms. The third kappa shape index (κ3) is 9.74. The van der Waals surface area contributed by atoms with E-state index in [1.807, 2.05) is 26.0 Å². The van der Waals surface area contributed by atoms with Gasteiger partial charge >= 0.3 is 0 Å². The Kier molecular flexibility index (Phi) is 13.1. The minimum atomic E-state index is -0.798. The molecule has 3 heterocycles. The normalized spacial score (nSPS) is 19.1. The van der Waals surface area contributed by atoms with Gasteiger partial charge in [-0.25, -0.2) is 9.67 Å². The van der Waals surface area contributed by atoms with Crippen LogP contribution in [-0.4, -0.2) is 87.8 Å². The van der Waals surface area contributed by atoms with E-state index in [-0.39, 0.29) is 42.5 Å². The van der Waals surface area contributed by atoms with Crippen LogP contribution in [0.5, 0.6) is 11.5 Å². The third-order valence-electron chi connectivity index (χ3n) is 8.64. The summed E-state index contributed by atoms with van der Waals surface area (Å²) in [6.45, 7) is 6.46. The van der Waals surface area contributed by atoms with Crippen LogP contribution < -0.4 is 25.4 Å². The summed E-state index contributed by atoms with van der Waals surface area (Å²) in [5.41, 5.74) is 1.29. The van der Waals surface area contributed by atoms with Crippen molar-refractivity contribution >= 4 is 35.2 Å². The molecule has 0 radical (unpaired) electrons. The van der Waals surface area contributed by atoms with Gasteiger partial charge < -0.3 is 34.9 Å². The summed E-state index contributed by atoms with van der Waals surface area (Å²) in [6, 6.07) is 5.70. The topological polar surface area (TPSA) is 162 Å². The second-order valence-corrected chi connectivity index (χ2v) is 12.8. The Morgan fingerprint density at radius 3 is 2.47 bits per heavy atom. The first kappa shape index (κ1) is 37.2. The number of nitrogens with zero attached hydrogens (tertiary/aromatic N) is 5. The number of hydrogen-bond acceptors (Lipinski definition) is 8. The number of methoxy groups -OCH3 is 2. The quantitative estimate of drug-likeness (QED) is 0.339. The SMILES string of the molecule is CC[C@H](C)[C@@H]1NC(=O)CCCN(C(=O)c2cc(Cl)cn2C)CCCNC(=O)Cn2nc(Cc3ccc(OC)c(OC)c3)nc2[C@@H](C)NC1=O. The van der Waals surface area contributed by atoms with Gasteiger partial charge in [0, 0.05) is 45.7 Å². The van der Waals surface area contributed by atoms with Gasteiger partial charge in [0.05, 0.1) is 25.3 Å². The molecule has 3 atom stereocenters. The maximum absolute atomic E-state index is 13.6. The van der Waals surface area contributed by atoms with Crippen molar-refractivity contribution in [1.29, 1.82) is 0 Å². The third-order valence-corrected chi connectivity index (χ3v) is 8.85. The number of fused-ring (bicyclic) bond motifs is 1. The summed E-state index contributed by atoms with van der Waals surface area (Å²) in [7, 11) is 4.87. The van der Waals surface area contributed by atoms with Gasteiger partial charge in [-0.1, -0.05) is 37.9 Å². The van der Waals surface area contributed by atoms with Gasteiger partial charge in [-0.2, -0.15) is 5.10 Å². The van der Waals surface area contributed by atoms with E-state index >= 15 is 0 Å². The molecule has 14 nitrogen and oxygen atoms in total. The molecule has 4 rings (SSSR count). The number of nitrogens with one attached hydrogen (secondary N) is 3. The van der Waals surface area contributed by atoms with Gasteiger partial charge in [-0.15, -0.1) is 0 Å². The van der Waals surface area contributed by atoms with Gasteiger partial charge in [0.15, 0.2) is 17.3 Å². The van der Waals surface area contributed by atoms with E-state index in [9.17, 15) is 19.2 Å². The standard InChI is InChI=1S/C34H47ClN8O6/c1-7-21(2)31-33(46)37-22(3)32-38-28(17-23-11-12-26(48-5)27(16-23)49-6)40-43(32)20-30(45)36-13-9-15-42(14-8-10-29(44)39-31)34(47)25-18-24(35)19-41(25)4/h11-12,16,18-19,21-22,31H,7-10,13-15,17,20H2,1-6H3,(H,36,45)(H,37,46)(H,39,44)/t21-,22+,31-/m0/s1. The molecule has 1 aliphatic heterocycles. The van der Waals surface area contributed by atoms with Crippen LogP contribution in [-0.2, 0) is 34.4 Å². The number of amides is 4. The van der Waals surface area contributed by atoms with Crippen LogP contribution in [0.15, 0.2) is 30.5 Å². The molecule has 4 amide bonds. The molecule has 0 saturated heterocycles. The van der Waals surface area contributed by atoms with E-state index < -0.39 is 12.1 Å². The zero-order chi connectivity index (χ0) is 35.7. The lowest BCUT2D eigenvalue weighted by Gasteiger charge is -2.26. The monoisotopic (exact) mass is 698 g/mol. The van der Waals surface area contributed by atoms with E-state index in [2.05, 4.69) is 21.0 Å². The van der Waals surface area contributed by atoms with Crippen LogP contribution in [0.25, 0.3) is 0 Å². The first-order valence-corrected chi connectivity index (χ1v) is 16.9. The van der Waals surface area contributed by atoms with Crippen molar-refractivity contribution in [2.24, 2.45) is 13.0 Å². The smallest absolute Gasteiger partial charge is 0.270 e. The highest BCUT2D eigenvalue weighted by atomic mass is 35.5. The van der Waals surface area contributed by atoms with Crippen molar-refractivity contribution in [2.75, 3.05) is 33.9 Å². The van der Waals surface area contributed by atoms with Crippen LogP contribution in [0.2, 0.25) is 5.02 Å². The predicted molar refractivity (Wildman–Crippen MR) is 184 cm³/mol. The minimum Gasteiger partial charge on any atom is -0.493 e.